The van der Waals surface area contributed by atoms with Crippen molar-refractivity contribution in [2.24, 2.45) is 10.4 Å². The molecular formula is C13H27N3O. The minimum absolute atomic E-state index is 0.436. The van der Waals surface area contributed by atoms with E-state index in [0.29, 0.717) is 5.41 Å². The van der Waals surface area contributed by atoms with Crippen LogP contribution >= 0.6 is 0 Å². The summed E-state index contributed by atoms with van der Waals surface area (Å²) in [5.74, 6) is 0.942. The summed E-state index contributed by atoms with van der Waals surface area (Å²) in [6, 6.07) is 0. The molecule has 1 fully saturated rings. The van der Waals surface area contributed by atoms with Gasteiger partial charge in [-0.3, -0.25) is 4.99 Å². The summed E-state index contributed by atoms with van der Waals surface area (Å²) in [7, 11) is 0. The molecular weight excluding hydrogens is 214 g/mol. The fraction of sp³-hybridized carbons (Fsp3) is 0.923. The number of guanidine groups is 1. The zero-order valence-electron chi connectivity index (χ0n) is 11.5. The second-order valence-electron chi connectivity index (χ2n) is 4.67. The molecule has 0 saturated heterocycles. The predicted molar refractivity (Wildman–Crippen MR) is 72.4 cm³/mol. The number of nitrogens with zero attached hydrogens (tertiary/aromatic N) is 1. The van der Waals surface area contributed by atoms with Crippen LogP contribution in [0.25, 0.3) is 0 Å². The van der Waals surface area contributed by atoms with Gasteiger partial charge in [-0.15, -0.1) is 0 Å². The first-order valence-electron chi connectivity index (χ1n) is 6.86. The van der Waals surface area contributed by atoms with Crippen molar-refractivity contribution >= 4 is 5.96 Å². The van der Waals surface area contributed by atoms with Crippen molar-refractivity contribution in [2.75, 3.05) is 32.8 Å². The summed E-state index contributed by atoms with van der Waals surface area (Å²) in [6.07, 6.45) is 3.75. The van der Waals surface area contributed by atoms with Crippen LogP contribution in [0.2, 0.25) is 0 Å². The van der Waals surface area contributed by atoms with Crippen LogP contribution in [-0.4, -0.2) is 38.8 Å². The maximum atomic E-state index is 5.43. The normalized spacial score (nSPS) is 16.4. The van der Waals surface area contributed by atoms with Crippen LogP contribution in [0.1, 0.15) is 40.0 Å². The van der Waals surface area contributed by atoms with E-state index in [-0.39, 0.29) is 0 Å². The molecule has 0 aromatic carbocycles. The van der Waals surface area contributed by atoms with E-state index in [1.54, 1.807) is 0 Å². The predicted octanol–water partition coefficient (Wildman–Crippen LogP) is 1.77. The minimum atomic E-state index is 0.436. The van der Waals surface area contributed by atoms with Gasteiger partial charge < -0.3 is 15.4 Å². The van der Waals surface area contributed by atoms with E-state index in [4.69, 9.17) is 4.74 Å². The van der Waals surface area contributed by atoms with Gasteiger partial charge in [0.2, 0.25) is 0 Å². The monoisotopic (exact) mass is 241 g/mol. The molecule has 1 aliphatic carbocycles. The van der Waals surface area contributed by atoms with Crippen molar-refractivity contribution in [3.63, 3.8) is 0 Å². The van der Waals surface area contributed by atoms with Gasteiger partial charge in [0.1, 0.15) is 0 Å². The van der Waals surface area contributed by atoms with E-state index in [1.807, 2.05) is 6.92 Å². The van der Waals surface area contributed by atoms with E-state index in [1.165, 1.54) is 12.8 Å². The van der Waals surface area contributed by atoms with Crippen molar-refractivity contribution in [3.8, 4) is 0 Å². The highest BCUT2D eigenvalue weighted by atomic mass is 16.5. The maximum absolute atomic E-state index is 5.43. The van der Waals surface area contributed by atoms with Gasteiger partial charge in [-0.1, -0.05) is 0 Å². The Labute approximate surface area is 105 Å². The molecule has 0 unspecified atom stereocenters. The van der Waals surface area contributed by atoms with E-state index in [9.17, 15) is 0 Å². The summed E-state index contributed by atoms with van der Waals surface area (Å²) in [6.45, 7) is 10.7. The van der Waals surface area contributed by atoms with E-state index in [2.05, 4.69) is 29.5 Å². The molecule has 0 aromatic heterocycles. The topological polar surface area (TPSA) is 45.7 Å². The third-order valence-corrected chi connectivity index (χ3v) is 3.20. The number of hydrogen-bond donors (Lipinski definition) is 2. The SMILES string of the molecule is CCNC(=NCC1(CCOCC)CC1)NCC. The first-order valence-corrected chi connectivity index (χ1v) is 6.86. The Morgan fingerprint density at radius 1 is 1.18 bits per heavy atom. The van der Waals surface area contributed by atoms with Crippen molar-refractivity contribution in [1.82, 2.24) is 10.6 Å². The maximum Gasteiger partial charge on any atom is 0.191 e. The molecule has 0 atom stereocenters. The second kappa shape index (κ2) is 7.54. The minimum Gasteiger partial charge on any atom is -0.382 e. The highest BCUT2D eigenvalue weighted by molar-refractivity contribution is 5.79. The number of rotatable bonds is 8. The molecule has 0 bridgehead atoms. The first kappa shape index (κ1) is 14.3. The van der Waals surface area contributed by atoms with Crippen LogP contribution in [0.3, 0.4) is 0 Å². The number of ether oxygens (including phenoxy) is 1. The fourth-order valence-corrected chi connectivity index (χ4v) is 1.85. The summed E-state index contributed by atoms with van der Waals surface area (Å²) in [5, 5.41) is 6.52. The highest BCUT2D eigenvalue weighted by Crippen LogP contribution is 2.48. The lowest BCUT2D eigenvalue weighted by Gasteiger charge is -2.14. The average Bonchev–Trinajstić information content (AvgIpc) is 3.08. The molecule has 0 amide bonds. The molecule has 1 rings (SSSR count). The first-order chi connectivity index (χ1) is 8.26. The Morgan fingerprint density at radius 2 is 1.82 bits per heavy atom. The standard InChI is InChI=1S/C13H27N3O/c1-4-14-12(15-5-2)16-11-13(7-8-13)9-10-17-6-3/h4-11H2,1-3H3,(H2,14,15,16). The van der Waals surface area contributed by atoms with Crippen LogP contribution in [0.4, 0.5) is 0 Å². The molecule has 2 N–H and O–H groups in total. The zero-order valence-corrected chi connectivity index (χ0v) is 11.5. The van der Waals surface area contributed by atoms with Gasteiger partial charge in [-0.05, 0) is 45.4 Å². The third kappa shape index (κ3) is 5.39. The van der Waals surface area contributed by atoms with Crippen LogP contribution < -0.4 is 10.6 Å². The Hall–Kier alpha value is -0.770. The average molecular weight is 241 g/mol. The summed E-state index contributed by atoms with van der Waals surface area (Å²) < 4.78 is 5.43. The largest absolute Gasteiger partial charge is 0.382 e. The molecule has 0 radical (unpaired) electrons. The van der Waals surface area contributed by atoms with Gasteiger partial charge in [0.25, 0.3) is 0 Å². The van der Waals surface area contributed by atoms with Crippen molar-refractivity contribution < 1.29 is 4.74 Å². The molecule has 1 saturated carbocycles. The summed E-state index contributed by atoms with van der Waals surface area (Å²) in [5.41, 5.74) is 0.436. The van der Waals surface area contributed by atoms with Gasteiger partial charge in [0, 0.05) is 32.8 Å². The molecule has 100 valence electrons. The summed E-state index contributed by atoms with van der Waals surface area (Å²) in [4.78, 5) is 4.65. The number of aliphatic imine (C=N–C) groups is 1. The smallest absolute Gasteiger partial charge is 0.191 e. The zero-order chi connectivity index (χ0) is 12.6. The van der Waals surface area contributed by atoms with Crippen molar-refractivity contribution in [3.05, 3.63) is 0 Å². The van der Waals surface area contributed by atoms with Crippen LogP contribution in [-0.2, 0) is 4.74 Å². The molecule has 0 aromatic rings. The molecule has 4 heteroatoms. The molecule has 0 spiro atoms. The van der Waals surface area contributed by atoms with Gasteiger partial charge in [-0.2, -0.15) is 0 Å². The fourth-order valence-electron chi connectivity index (χ4n) is 1.85. The van der Waals surface area contributed by atoms with Gasteiger partial charge in [-0.25, -0.2) is 0 Å². The van der Waals surface area contributed by atoms with Crippen molar-refractivity contribution in [2.45, 2.75) is 40.0 Å². The Kier molecular flexibility index (Phi) is 6.34. The lowest BCUT2D eigenvalue weighted by molar-refractivity contribution is 0.129. The van der Waals surface area contributed by atoms with Crippen LogP contribution in [0.15, 0.2) is 4.99 Å². The van der Waals surface area contributed by atoms with E-state index < -0.39 is 0 Å². The number of hydrogen-bond acceptors (Lipinski definition) is 2. The molecule has 0 aliphatic heterocycles. The lowest BCUT2D eigenvalue weighted by Crippen LogP contribution is -2.37. The number of nitrogens with one attached hydrogen (secondary N) is 2. The molecule has 1 aliphatic rings. The highest BCUT2D eigenvalue weighted by Gasteiger charge is 2.41. The quantitative estimate of drug-likeness (QED) is 0.387. The van der Waals surface area contributed by atoms with E-state index in [0.717, 1.165) is 45.2 Å². The third-order valence-electron chi connectivity index (χ3n) is 3.20. The van der Waals surface area contributed by atoms with Gasteiger partial charge >= 0.3 is 0 Å². The Morgan fingerprint density at radius 3 is 2.29 bits per heavy atom. The molecule has 4 nitrogen and oxygen atoms in total. The Balaban J connectivity index is 2.32. The Bertz CT molecular complexity index is 229. The molecule has 0 heterocycles. The van der Waals surface area contributed by atoms with E-state index >= 15 is 0 Å². The lowest BCUT2D eigenvalue weighted by atomic mass is 10.0. The summed E-state index contributed by atoms with van der Waals surface area (Å²) >= 11 is 0. The second-order valence-corrected chi connectivity index (χ2v) is 4.67. The van der Waals surface area contributed by atoms with Crippen molar-refractivity contribution in [1.29, 1.82) is 0 Å². The van der Waals surface area contributed by atoms with Crippen LogP contribution in [0.5, 0.6) is 0 Å². The van der Waals surface area contributed by atoms with Gasteiger partial charge in [0.15, 0.2) is 5.96 Å². The molecule has 17 heavy (non-hydrogen) atoms. The van der Waals surface area contributed by atoms with Gasteiger partial charge in [0.05, 0.1) is 0 Å². The van der Waals surface area contributed by atoms with Crippen LogP contribution in [0, 0.1) is 5.41 Å².